The molecule has 0 amide bonds. The average molecular weight is 442 g/mol. The molecular weight excluding hydrogens is 416 g/mol. The molecule has 5 rings (SSSR count). The Bertz CT molecular complexity index is 1290. The smallest absolute Gasteiger partial charge is 0.262 e. The predicted molar refractivity (Wildman–Crippen MR) is 136 cm³/mol. The molecule has 1 aliphatic heterocycles. The minimum Gasteiger partial charge on any atom is -0.335 e. The summed E-state index contributed by atoms with van der Waals surface area (Å²) in [6, 6.07) is 26.1. The fraction of sp³-hybridized carbons (Fsp3) is 0.148. The first-order valence-electron chi connectivity index (χ1n) is 10.7. The second-order valence-electron chi connectivity index (χ2n) is 7.41. The lowest BCUT2D eigenvalue weighted by Gasteiger charge is -2.17. The monoisotopic (exact) mass is 441 g/mol. The Hall–Kier alpha value is -2.82. The molecule has 31 heavy (non-hydrogen) atoms. The highest BCUT2D eigenvalue weighted by Crippen LogP contribution is 2.45. The lowest BCUT2D eigenvalue weighted by atomic mass is 10.1. The van der Waals surface area contributed by atoms with Crippen LogP contribution >= 0.6 is 23.1 Å². The number of anilines is 1. The molecule has 0 fully saturated rings. The molecule has 1 aliphatic rings. The fourth-order valence-electron chi connectivity index (χ4n) is 4.08. The van der Waals surface area contributed by atoms with Gasteiger partial charge in [-0.15, -0.1) is 0 Å². The van der Waals surface area contributed by atoms with Crippen molar-refractivity contribution in [2.45, 2.75) is 25.3 Å². The molecular formula is C27H25N2S2+. The van der Waals surface area contributed by atoms with E-state index < -0.39 is 0 Å². The molecule has 2 heterocycles. The van der Waals surface area contributed by atoms with Crippen LogP contribution in [0.2, 0.25) is 0 Å². The van der Waals surface area contributed by atoms with Gasteiger partial charge < -0.3 is 4.90 Å². The van der Waals surface area contributed by atoms with Gasteiger partial charge in [0.1, 0.15) is 11.2 Å². The van der Waals surface area contributed by atoms with E-state index in [1.165, 1.54) is 42.0 Å². The molecule has 2 nitrogen and oxygen atoms in total. The van der Waals surface area contributed by atoms with Gasteiger partial charge in [-0.2, -0.15) is 4.57 Å². The quantitative estimate of drug-likeness (QED) is 0.299. The summed E-state index contributed by atoms with van der Waals surface area (Å²) in [7, 11) is 0. The second-order valence-corrected chi connectivity index (χ2v) is 9.54. The Kier molecular flexibility index (Phi) is 5.66. The van der Waals surface area contributed by atoms with Crippen molar-refractivity contribution in [1.29, 1.82) is 0 Å². The molecule has 4 aromatic rings. The summed E-state index contributed by atoms with van der Waals surface area (Å²) >= 11 is 3.71. The summed E-state index contributed by atoms with van der Waals surface area (Å²) in [5.41, 5.74) is 5.15. The number of nitrogens with zero attached hydrogens (tertiary/aromatic N) is 2. The van der Waals surface area contributed by atoms with Crippen LogP contribution in [-0.2, 0) is 6.54 Å². The van der Waals surface area contributed by atoms with Gasteiger partial charge in [0.05, 0.1) is 10.7 Å². The molecule has 154 valence electrons. The van der Waals surface area contributed by atoms with Crippen LogP contribution in [0.15, 0.2) is 94.9 Å². The van der Waals surface area contributed by atoms with E-state index in [1.807, 2.05) is 23.1 Å². The molecule has 0 unspecified atom stereocenters. The van der Waals surface area contributed by atoms with E-state index in [0.29, 0.717) is 0 Å². The molecule has 0 spiro atoms. The van der Waals surface area contributed by atoms with Gasteiger partial charge in [-0.25, -0.2) is 0 Å². The van der Waals surface area contributed by atoms with E-state index in [2.05, 4.69) is 114 Å². The molecule has 0 atom stereocenters. The first kappa shape index (κ1) is 20.1. The van der Waals surface area contributed by atoms with Gasteiger partial charge in [-0.05, 0) is 55.3 Å². The van der Waals surface area contributed by atoms with Crippen molar-refractivity contribution in [1.82, 2.24) is 0 Å². The number of aromatic nitrogens is 1. The number of fused-ring (bicyclic) bond motifs is 2. The van der Waals surface area contributed by atoms with E-state index in [1.54, 1.807) is 0 Å². The van der Waals surface area contributed by atoms with Gasteiger partial charge in [0.25, 0.3) is 5.01 Å². The van der Waals surface area contributed by atoms with Crippen molar-refractivity contribution in [2.75, 3.05) is 11.4 Å². The number of rotatable bonds is 5. The van der Waals surface area contributed by atoms with Crippen LogP contribution < -0.4 is 9.47 Å². The average Bonchev–Trinajstić information content (AvgIpc) is 3.36. The minimum atomic E-state index is 0.961. The number of aryl methyl sites for hydroxylation is 1. The van der Waals surface area contributed by atoms with Crippen LogP contribution in [-0.4, -0.2) is 6.54 Å². The zero-order valence-electron chi connectivity index (χ0n) is 17.8. The SMILES string of the molecule is CCN1/C(=C\C=C\c2sc3cc(-c4ccccc4)ccc3[n+]2CC)Sc2ccccc21. The molecule has 0 N–H and O–H groups in total. The number of allylic oxidation sites excluding steroid dienone is 2. The van der Waals surface area contributed by atoms with E-state index in [0.717, 1.165) is 13.1 Å². The first-order chi connectivity index (χ1) is 15.3. The molecule has 0 saturated carbocycles. The number of thiazole rings is 1. The summed E-state index contributed by atoms with van der Waals surface area (Å²) in [5, 5.41) is 2.57. The third-order valence-corrected chi connectivity index (χ3v) is 7.83. The van der Waals surface area contributed by atoms with Crippen molar-refractivity contribution in [3.05, 3.63) is 95.0 Å². The normalized spacial score (nSPS) is 14.8. The second kappa shape index (κ2) is 8.74. The Morgan fingerprint density at radius 1 is 0.903 bits per heavy atom. The molecule has 1 aromatic heterocycles. The van der Waals surface area contributed by atoms with Crippen molar-refractivity contribution < 1.29 is 4.57 Å². The van der Waals surface area contributed by atoms with Gasteiger partial charge in [0, 0.05) is 23.6 Å². The number of thioether (sulfide) groups is 1. The Balaban J connectivity index is 1.46. The predicted octanol–water partition coefficient (Wildman–Crippen LogP) is 7.36. The van der Waals surface area contributed by atoms with Crippen molar-refractivity contribution in [3.63, 3.8) is 0 Å². The topological polar surface area (TPSA) is 7.12 Å². The van der Waals surface area contributed by atoms with Crippen molar-refractivity contribution in [2.24, 2.45) is 0 Å². The maximum absolute atomic E-state index is 2.40. The van der Waals surface area contributed by atoms with Crippen LogP contribution in [0.1, 0.15) is 18.9 Å². The fourth-order valence-corrected chi connectivity index (χ4v) is 6.40. The van der Waals surface area contributed by atoms with Gasteiger partial charge in [-0.3, -0.25) is 0 Å². The largest absolute Gasteiger partial charge is 0.335 e. The molecule has 0 bridgehead atoms. The molecule has 3 aromatic carbocycles. The third kappa shape index (κ3) is 3.82. The van der Waals surface area contributed by atoms with Crippen LogP contribution in [0.5, 0.6) is 0 Å². The Morgan fingerprint density at radius 2 is 1.71 bits per heavy atom. The van der Waals surface area contributed by atoms with Crippen LogP contribution in [0.4, 0.5) is 5.69 Å². The maximum atomic E-state index is 2.40. The zero-order chi connectivity index (χ0) is 21.2. The summed E-state index contributed by atoms with van der Waals surface area (Å²) in [4.78, 5) is 3.72. The lowest BCUT2D eigenvalue weighted by molar-refractivity contribution is -0.665. The van der Waals surface area contributed by atoms with E-state index >= 15 is 0 Å². The third-order valence-electron chi connectivity index (χ3n) is 5.58. The van der Waals surface area contributed by atoms with Crippen molar-refractivity contribution >= 4 is 45.1 Å². The highest BCUT2D eigenvalue weighted by atomic mass is 32.2. The van der Waals surface area contributed by atoms with E-state index in [-0.39, 0.29) is 0 Å². The zero-order valence-corrected chi connectivity index (χ0v) is 19.4. The molecule has 0 radical (unpaired) electrons. The van der Waals surface area contributed by atoms with Crippen molar-refractivity contribution in [3.8, 4) is 11.1 Å². The van der Waals surface area contributed by atoms with E-state index in [4.69, 9.17) is 0 Å². The molecule has 0 aliphatic carbocycles. The number of benzene rings is 3. The number of hydrogen-bond donors (Lipinski definition) is 0. The van der Waals surface area contributed by atoms with Gasteiger partial charge >= 0.3 is 0 Å². The first-order valence-corrected chi connectivity index (χ1v) is 12.4. The lowest BCUT2D eigenvalue weighted by Crippen LogP contribution is -2.33. The molecule has 4 heteroatoms. The van der Waals surface area contributed by atoms with Gasteiger partial charge in [-0.1, -0.05) is 71.6 Å². The molecule has 0 saturated heterocycles. The van der Waals surface area contributed by atoms with Crippen LogP contribution in [0.25, 0.3) is 27.4 Å². The van der Waals surface area contributed by atoms with Gasteiger partial charge in [0.15, 0.2) is 0 Å². The van der Waals surface area contributed by atoms with E-state index in [9.17, 15) is 0 Å². The number of para-hydroxylation sites is 1. The Labute approximate surface area is 192 Å². The Morgan fingerprint density at radius 3 is 2.52 bits per heavy atom. The van der Waals surface area contributed by atoms with Crippen LogP contribution in [0.3, 0.4) is 0 Å². The highest BCUT2D eigenvalue weighted by Gasteiger charge is 2.23. The summed E-state index contributed by atoms with van der Waals surface area (Å²) < 4.78 is 3.73. The van der Waals surface area contributed by atoms with Crippen LogP contribution in [0, 0.1) is 0 Å². The summed E-state index contributed by atoms with van der Waals surface area (Å²) in [6.45, 7) is 6.36. The standard InChI is InChI=1S/C27H25N2S2/c1-3-28-22-13-8-9-14-24(22)30-26(28)15-10-16-27-29(4-2)23-18-17-21(19-25(23)31-27)20-11-6-5-7-12-20/h5-19H,3-4H2,1-2H3/q+1. The maximum Gasteiger partial charge on any atom is 0.262 e. The summed E-state index contributed by atoms with van der Waals surface area (Å²) in [5.74, 6) is 0. The number of hydrogen-bond acceptors (Lipinski definition) is 3. The summed E-state index contributed by atoms with van der Waals surface area (Å²) in [6.07, 6.45) is 6.69. The minimum absolute atomic E-state index is 0.961. The highest BCUT2D eigenvalue weighted by molar-refractivity contribution is 8.03. The van der Waals surface area contributed by atoms with Gasteiger partial charge in [0.2, 0.25) is 5.52 Å².